The summed E-state index contributed by atoms with van der Waals surface area (Å²) < 4.78 is 6.42. The standard InChI is InChI=1S/C23H22N5/c1-15-6-5-7-16(2)21(15)28-11-10-26(4)22(28)19-13-20-18(12-17(19)3)14-27-9-8-24-23(27)25-20/h5-14H,1-4H3/q+1. The monoisotopic (exact) mass is 368 g/mol. The van der Waals surface area contributed by atoms with E-state index in [0.717, 1.165) is 22.5 Å². The van der Waals surface area contributed by atoms with Gasteiger partial charge in [0, 0.05) is 24.0 Å². The fraction of sp³-hybridized carbons (Fsp3) is 0.174. The molecule has 28 heavy (non-hydrogen) atoms. The number of aryl methyl sites for hydroxylation is 4. The van der Waals surface area contributed by atoms with Crippen molar-refractivity contribution in [1.82, 2.24) is 18.9 Å². The zero-order valence-corrected chi connectivity index (χ0v) is 16.5. The van der Waals surface area contributed by atoms with Crippen molar-refractivity contribution in [3.8, 4) is 17.1 Å². The van der Waals surface area contributed by atoms with E-state index >= 15 is 0 Å². The summed E-state index contributed by atoms with van der Waals surface area (Å²) in [4.78, 5) is 9.08. The second-order valence-corrected chi connectivity index (χ2v) is 7.44. The van der Waals surface area contributed by atoms with Crippen LogP contribution in [0.4, 0.5) is 0 Å². The van der Waals surface area contributed by atoms with Gasteiger partial charge in [-0.3, -0.25) is 4.40 Å². The van der Waals surface area contributed by atoms with Crippen molar-refractivity contribution in [3.63, 3.8) is 0 Å². The van der Waals surface area contributed by atoms with Crippen LogP contribution in [0, 0.1) is 20.8 Å². The van der Waals surface area contributed by atoms with E-state index < -0.39 is 0 Å². The minimum absolute atomic E-state index is 0.719. The summed E-state index contributed by atoms with van der Waals surface area (Å²) in [5.74, 6) is 1.86. The van der Waals surface area contributed by atoms with Crippen LogP contribution in [0.15, 0.2) is 61.3 Å². The van der Waals surface area contributed by atoms with Crippen LogP contribution in [0.5, 0.6) is 0 Å². The number of nitrogens with zero attached hydrogens (tertiary/aromatic N) is 5. The van der Waals surface area contributed by atoms with Crippen LogP contribution in [0.2, 0.25) is 0 Å². The first-order valence-electron chi connectivity index (χ1n) is 9.41. The van der Waals surface area contributed by atoms with Crippen LogP contribution in [0.1, 0.15) is 16.7 Å². The van der Waals surface area contributed by atoms with Gasteiger partial charge in [0.25, 0.3) is 5.82 Å². The van der Waals surface area contributed by atoms with Gasteiger partial charge in [0.05, 0.1) is 18.1 Å². The largest absolute Gasteiger partial charge is 0.294 e. The molecule has 0 aliphatic carbocycles. The van der Waals surface area contributed by atoms with Crippen molar-refractivity contribution in [2.45, 2.75) is 20.8 Å². The van der Waals surface area contributed by atoms with Crippen molar-refractivity contribution in [3.05, 3.63) is 78.0 Å². The van der Waals surface area contributed by atoms with E-state index in [4.69, 9.17) is 4.98 Å². The molecule has 3 heterocycles. The smallest absolute Gasteiger partial charge is 0.291 e. The van der Waals surface area contributed by atoms with Gasteiger partial charge in [-0.25, -0.2) is 14.5 Å². The van der Waals surface area contributed by atoms with Gasteiger partial charge in [0.15, 0.2) is 0 Å². The molecule has 0 amide bonds. The fourth-order valence-electron chi connectivity index (χ4n) is 4.07. The van der Waals surface area contributed by atoms with Gasteiger partial charge in [0.1, 0.15) is 18.1 Å². The average Bonchev–Trinajstić information content (AvgIpc) is 3.26. The van der Waals surface area contributed by atoms with Crippen LogP contribution < -0.4 is 4.57 Å². The minimum atomic E-state index is 0.719. The van der Waals surface area contributed by atoms with E-state index in [1.54, 1.807) is 6.20 Å². The van der Waals surface area contributed by atoms with Gasteiger partial charge in [-0.1, -0.05) is 18.2 Å². The lowest BCUT2D eigenvalue weighted by Crippen LogP contribution is -2.29. The lowest BCUT2D eigenvalue weighted by atomic mass is 10.0. The van der Waals surface area contributed by atoms with Gasteiger partial charge in [-0.05, 0) is 49.6 Å². The van der Waals surface area contributed by atoms with E-state index in [9.17, 15) is 0 Å². The number of imidazole rings is 2. The van der Waals surface area contributed by atoms with Crippen LogP contribution in [-0.4, -0.2) is 18.9 Å². The Kier molecular flexibility index (Phi) is 3.59. The molecule has 2 aromatic carbocycles. The average molecular weight is 368 g/mol. The highest BCUT2D eigenvalue weighted by Crippen LogP contribution is 2.29. The quantitative estimate of drug-likeness (QED) is 0.440. The van der Waals surface area contributed by atoms with E-state index in [0.29, 0.717) is 0 Å². The Hall–Kier alpha value is -3.47. The molecular weight excluding hydrogens is 346 g/mol. The summed E-state index contributed by atoms with van der Waals surface area (Å²) in [6.07, 6.45) is 10.0. The van der Waals surface area contributed by atoms with Crippen molar-refractivity contribution in [1.29, 1.82) is 0 Å². The Bertz CT molecular complexity index is 1340. The number of para-hydroxylation sites is 1. The molecule has 0 atom stereocenters. The molecule has 0 fully saturated rings. The molecule has 5 heteroatoms. The molecule has 0 spiro atoms. The predicted octanol–water partition coefficient (Wildman–Crippen LogP) is 4.09. The van der Waals surface area contributed by atoms with Gasteiger partial charge in [-0.2, -0.15) is 4.57 Å². The summed E-state index contributed by atoms with van der Waals surface area (Å²) in [5.41, 5.74) is 7.09. The summed E-state index contributed by atoms with van der Waals surface area (Å²) in [6.45, 7) is 6.49. The van der Waals surface area contributed by atoms with Crippen molar-refractivity contribution < 1.29 is 4.57 Å². The van der Waals surface area contributed by atoms with Crippen LogP contribution in [-0.2, 0) is 7.05 Å². The van der Waals surface area contributed by atoms with Gasteiger partial charge >= 0.3 is 0 Å². The highest BCUT2D eigenvalue weighted by molar-refractivity contribution is 5.85. The summed E-state index contributed by atoms with van der Waals surface area (Å²) >= 11 is 0. The number of fused-ring (bicyclic) bond motifs is 2. The first-order chi connectivity index (χ1) is 13.5. The molecule has 3 aromatic heterocycles. The molecular formula is C23H22N5+. The molecule has 0 unspecified atom stereocenters. The Balaban J connectivity index is 1.80. The second-order valence-electron chi connectivity index (χ2n) is 7.44. The topological polar surface area (TPSA) is 39.0 Å². The van der Waals surface area contributed by atoms with E-state index in [1.807, 2.05) is 10.6 Å². The highest BCUT2D eigenvalue weighted by atomic mass is 15.1. The van der Waals surface area contributed by atoms with Gasteiger partial charge in [-0.15, -0.1) is 0 Å². The van der Waals surface area contributed by atoms with E-state index in [-0.39, 0.29) is 0 Å². The predicted molar refractivity (Wildman–Crippen MR) is 111 cm³/mol. The third-order valence-corrected chi connectivity index (χ3v) is 5.44. The first kappa shape index (κ1) is 16.7. The van der Waals surface area contributed by atoms with Gasteiger partial charge in [0.2, 0.25) is 5.78 Å². The van der Waals surface area contributed by atoms with E-state index in [2.05, 4.69) is 90.9 Å². The fourth-order valence-corrected chi connectivity index (χ4v) is 4.07. The number of hydrogen-bond donors (Lipinski definition) is 0. The van der Waals surface area contributed by atoms with Crippen LogP contribution >= 0.6 is 0 Å². The molecule has 5 rings (SSSR count). The first-order valence-corrected chi connectivity index (χ1v) is 9.41. The minimum Gasteiger partial charge on any atom is -0.291 e. The molecule has 0 saturated heterocycles. The lowest BCUT2D eigenvalue weighted by molar-refractivity contribution is -0.659. The normalized spacial score (nSPS) is 11.6. The SMILES string of the molecule is Cc1cc2cn3ccnc3nc2cc1-c1n(-c2c(C)cccc2C)cc[n+]1C. The number of aromatic nitrogens is 5. The highest BCUT2D eigenvalue weighted by Gasteiger charge is 2.23. The Morgan fingerprint density at radius 3 is 2.54 bits per heavy atom. The third-order valence-electron chi connectivity index (χ3n) is 5.44. The van der Waals surface area contributed by atoms with Crippen molar-refractivity contribution in [2.75, 3.05) is 0 Å². The molecule has 5 nitrogen and oxygen atoms in total. The molecule has 138 valence electrons. The molecule has 0 aliphatic heterocycles. The third kappa shape index (κ3) is 2.43. The van der Waals surface area contributed by atoms with E-state index in [1.165, 1.54) is 27.9 Å². The summed E-state index contributed by atoms with van der Waals surface area (Å²) in [6, 6.07) is 10.8. The number of benzene rings is 2. The van der Waals surface area contributed by atoms with Gasteiger partial charge < -0.3 is 0 Å². The second kappa shape index (κ2) is 6.02. The maximum atomic E-state index is 4.75. The molecule has 0 bridgehead atoms. The molecule has 5 aromatic rings. The Morgan fingerprint density at radius 1 is 0.964 bits per heavy atom. The maximum Gasteiger partial charge on any atom is 0.294 e. The zero-order chi connectivity index (χ0) is 19.4. The number of hydrogen-bond acceptors (Lipinski definition) is 2. The van der Waals surface area contributed by atoms with Crippen LogP contribution in [0.3, 0.4) is 0 Å². The maximum absolute atomic E-state index is 4.75. The van der Waals surface area contributed by atoms with Crippen molar-refractivity contribution >= 4 is 16.7 Å². The zero-order valence-electron chi connectivity index (χ0n) is 16.5. The molecule has 0 N–H and O–H groups in total. The van der Waals surface area contributed by atoms with Crippen molar-refractivity contribution in [2.24, 2.45) is 7.05 Å². The molecule has 0 saturated carbocycles. The summed E-state index contributed by atoms with van der Waals surface area (Å²) in [5, 5.41) is 1.11. The number of rotatable bonds is 2. The molecule has 0 radical (unpaired) electrons. The Morgan fingerprint density at radius 2 is 1.75 bits per heavy atom. The summed E-state index contributed by atoms with van der Waals surface area (Å²) in [7, 11) is 2.09. The van der Waals surface area contributed by atoms with Crippen LogP contribution in [0.25, 0.3) is 33.8 Å². The Labute approximate surface area is 163 Å². The molecule has 0 aliphatic rings. The lowest BCUT2D eigenvalue weighted by Gasteiger charge is -2.11.